The lowest BCUT2D eigenvalue weighted by atomic mass is 10.0. The van der Waals surface area contributed by atoms with E-state index in [1.807, 2.05) is 13.0 Å². The van der Waals surface area contributed by atoms with Crippen molar-refractivity contribution in [2.75, 3.05) is 0 Å². The fourth-order valence-corrected chi connectivity index (χ4v) is 2.19. The van der Waals surface area contributed by atoms with Crippen LogP contribution in [0.5, 0.6) is 0 Å². The van der Waals surface area contributed by atoms with Crippen LogP contribution in [-0.2, 0) is 6.42 Å². The van der Waals surface area contributed by atoms with Gasteiger partial charge in [0.15, 0.2) is 5.78 Å². The Morgan fingerprint density at radius 1 is 1.22 bits per heavy atom. The number of aromatic nitrogens is 1. The van der Waals surface area contributed by atoms with Crippen molar-refractivity contribution >= 4 is 29.0 Å². The van der Waals surface area contributed by atoms with Gasteiger partial charge >= 0.3 is 0 Å². The summed E-state index contributed by atoms with van der Waals surface area (Å²) in [4.78, 5) is 16.0. The van der Waals surface area contributed by atoms with E-state index in [4.69, 9.17) is 23.2 Å². The quantitative estimate of drug-likeness (QED) is 0.791. The third kappa shape index (κ3) is 2.89. The van der Waals surface area contributed by atoms with E-state index in [9.17, 15) is 4.79 Å². The number of rotatable bonds is 3. The summed E-state index contributed by atoms with van der Waals surface area (Å²) in [6.45, 7) is 1.93. The average molecular weight is 280 g/mol. The Hall–Kier alpha value is -1.38. The molecule has 0 aliphatic heterocycles. The fourth-order valence-electron chi connectivity index (χ4n) is 1.66. The second-order valence-corrected chi connectivity index (χ2v) is 4.86. The fraction of sp³-hybridized carbons (Fsp3) is 0.143. The maximum Gasteiger partial charge on any atom is 0.168 e. The predicted octanol–water partition coefficient (Wildman–Crippen LogP) is 4.12. The van der Waals surface area contributed by atoms with Crippen molar-refractivity contribution in [1.29, 1.82) is 0 Å². The molecule has 0 saturated heterocycles. The molecule has 0 saturated carbocycles. The first-order valence-electron chi connectivity index (χ1n) is 5.45. The van der Waals surface area contributed by atoms with Gasteiger partial charge in [-0.05, 0) is 36.2 Å². The van der Waals surface area contributed by atoms with Gasteiger partial charge in [-0.25, -0.2) is 0 Å². The van der Waals surface area contributed by atoms with Crippen LogP contribution in [0.4, 0.5) is 0 Å². The van der Waals surface area contributed by atoms with Gasteiger partial charge in [0.25, 0.3) is 0 Å². The Labute approximate surface area is 116 Å². The minimum atomic E-state index is -0.0481. The third-order valence-corrected chi connectivity index (χ3v) is 3.29. The number of aryl methyl sites for hydroxylation is 1. The van der Waals surface area contributed by atoms with Crippen LogP contribution in [0, 0.1) is 6.92 Å². The van der Waals surface area contributed by atoms with Gasteiger partial charge in [-0.3, -0.25) is 9.78 Å². The molecule has 2 aromatic rings. The molecule has 18 heavy (non-hydrogen) atoms. The van der Waals surface area contributed by atoms with Gasteiger partial charge in [-0.2, -0.15) is 0 Å². The summed E-state index contributed by atoms with van der Waals surface area (Å²) in [5, 5.41) is 0.972. The number of carbonyl (C=O) groups excluding carboxylic acids is 1. The van der Waals surface area contributed by atoms with E-state index < -0.39 is 0 Å². The number of pyridine rings is 1. The maximum absolute atomic E-state index is 12.1. The second-order valence-electron chi connectivity index (χ2n) is 4.05. The Kier molecular flexibility index (Phi) is 4.00. The van der Waals surface area contributed by atoms with Gasteiger partial charge in [0.05, 0.1) is 10.0 Å². The molecule has 0 atom stereocenters. The van der Waals surface area contributed by atoms with E-state index in [1.165, 1.54) is 6.20 Å². The molecule has 0 fully saturated rings. The zero-order chi connectivity index (χ0) is 13.1. The molecule has 1 heterocycles. The highest BCUT2D eigenvalue weighted by Crippen LogP contribution is 2.21. The van der Waals surface area contributed by atoms with Gasteiger partial charge in [0.2, 0.25) is 0 Å². The van der Waals surface area contributed by atoms with Crippen molar-refractivity contribution in [3.05, 3.63) is 63.4 Å². The number of hydrogen-bond donors (Lipinski definition) is 0. The smallest absolute Gasteiger partial charge is 0.168 e. The molecule has 1 aromatic heterocycles. The Bertz CT molecular complexity index is 596. The summed E-state index contributed by atoms with van der Waals surface area (Å²) in [7, 11) is 0. The van der Waals surface area contributed by atoms with Gasteiger partial charge < -0.3 is 0 Å². The van der Waals surface area contributed by atoms with Gasteiger partial charge in [0, 0.05) is 24.4 Å². The van der Waals surface area contributed by atoms with Crippen LogP contribution < -0.4 is 0 Å². The summed E-state index contributed by atoms with van der Waals surface area (Å²) >= 11 is 12.0. The largest absolute Gasteiger partial charge is 0.294 e. The molecule has 0 aliphatic rings. The van der Waals surface area contributed by atoms with Crippen molar-refractivity contribution in [2.24, 2.45) is 0 Å². The van der Waals surface area contributed by atoms with Crippen molar-refractivity contribution in [3.63, 3.8) is 0 Å². The van der Waals surface area contributed by atoms with E-state index in [-0.39, 0.29) is 12.2 Å². The third-order valence-electron chi connectivity index (χ3n) is 2.63. The Morgan fingerprint density at radius 2 is 2.00 bits per heavy atom. The zero-order valence-electron chi connectivity index (χ0n) is 9.78. The maximum atomic E-state index is 12.1. The van der Waals surface area contributed by atoms with Crippen molar-refractivity contribution in [3.8, 4) is 0 Å². The summed E-state index contributed by atoms with van der Waals surface area (Å²) < 4.78 is 0. The molecule has 0 N–H and O–H groups in total. The van der Waals surface area contributed by atoms with E-state index in [0.717, 1.165) is 11.1 Å². The minimum Gasteiger partial charge on any atom is -0.294 e. The molecule has 0 bridgehead atoms. The zero-order valence-corrected chi connectivity index (χ0v) is 11.3. The minimum absolute atomic E-state index is 0.0481. The van der Waals surface area contributed by atoms with E-state index in [2.05, 4.69) is 4.98 Å². The molecule has 0 aliphatic carbocycles. The van der Waals surface area contributed by atoms with E-state index in [0.29, 0.717) is 15.6 Å². The van der Waals surface area contributed by atoms with E-state index >= 15 is 0 Å². The first-order valence-corrected chi connectivity index (χ1v) is 6.21. The Morgan fingerprint density at radius 3 is 2.67 bits per heavy atom. The van der Waals surface area contributed by atoms with Crippen molar-refractivity contribution < 1.29 is 4.79 Å². The molecular formula is C14H11Cl2NO. The van der Waals surface area contributed by atoms with Crippen molar-refractivity contribution in [2.45, 2.75) is 13.3 Å². The van der Waals surface area contributed by atoms with Crippen LogP contribution >= 0.6 is 23.2 Å². The molecule has 2 nitrogen and oxygen atoms in total. The number of Topliss-reactive ketones (excluding diaryl/α,β-unsaturated/α-hetero) is 1. The Balaban J connectivity index is 2.25. The molecule has 0 radical (unpaired) electrons. The van der Waals surface area contributed by atoms with Gasteiger partial charge in [-0.1, -0.05) is 29.3 Å². The molecular weight excluding hydrogens is 269 g/mol. The lowest BCUT2D eigenvalue weighted by molar-refractivity contribution is 0.0993. The molecule has 92 valence electrons. The molecule has 1 aromatic carbocycles. The molecule has 4 heteroatoms. The number of hydrogen-bond acceptors (Lipinski definition) is 2. The summed E-state index contributed by atoms with van der Waals surface area (Å²) in [6, 6.07) is 7.13. The summed E-state index contributed by atoms with van der Waals surface area (Å²) in [5.41, 5.74) is 2.31. The molecule has 0 amide bonds. The van der Waals surface area contributed by atoms with Crippen LogP contribution in [0.25, 0.3) is 0 Å². The topological polar surface area (TPSA) is 30.0 Å². The number of nitrogens with zero attached hydrogens (tertiary/aromatic N) is 1. The lowest BCUT2D eigenvalue weighted by Gasteiger charge is -2.06. The van der Waals surface area contributed by atoms with Crippen LogP contribution in [0.1, 0.15) is 21.5 Å². The van der Waals surface area contributed by atoms with Crippen LogP contribution in [0.2, 0.25) is 10.0 Å². The summed E-state index contributed by atoms with van der Waals surface area (Å²) in [5.74, 6) is -0.0481. The highest BCUT2D eigenvalue weighted by Gasteiger charge is 2.12. The number of ketones is 1. The normalized spacial score (nSPS) is 10.4. The first kappa shape index (κ1) is 13.1. The van der Waals surface area contributed by atoms with Gasteiger partial charge in [0.1, 0.15) is 0 Å². The van der Waals surface area contributed by atoms with Crippen LogP contribution in [0.15, 0.2) is 36.7 Å². The number of carbonyl (C=O) groups is 1. The average Bonchev–Trinajstić information content (AvgIpc) is 2.32. The predicted molar refractivity (Wildman–Crippen MR) is 73.5 cm³/mol. The van der Waals surface area contributed by atoms with Crippen molar-refractivity contribution in [1.82, 2.24) is 4.98 Å². The lowest BCUT2D eigenvalue weighted by Crippen LogP contribution is -2.05. The standard InChI is InChI=1S/C14H11Cl2NO/c1-9-2-3-11(12(15)6-9)14(18)7-10-4-5-17-8-13(10)16/h2-6,8H,7H2,1H3. The number of benzene rings is 1. The molecule has 0 unspecified atom stereocenters. The van der Waals surface area contributed by atoms with Gasteiger partial charge in [-0.15, -0.1) is 0 Å². The highest BCUT2D eigenvalue weighted by molar-refractivity contribution is 6.34. The molecule has 2 rings (SSSR count). The first-order chi connectivity index (χ1) is 8.58. The second kappa shape index (κ2) is 5.51. The number of halogens is 2. The van der Waals surface area contributed by atoms with Crippen LogP contribution in [0.3, 0.4) is 0 Å². The SMILES string of the molecule is Cc1ccc(C(=O)Cc2ccncc2Cl)c(Cl)c1. The monoisotopic (exact) mass is 279 g/mol. The highest BCUT2D eigenvalue weighted by atomic mass is 35.5. The summed E-state index contributed by atoms with van der Waals surface area (Å²) in [6.07, 6.45) is 3.37. The molecule has 0 spiro atoms. The van der Waals surface area contributed by atoms with E-state index in [1.54, 1.807) is 24.4 Å². The van der Waals surface area contributed by atoms with Crippen LogP contribution in [-0.4, -0.2) is 10.8 Å².